The zero-order chi connectivity index (χ0) is 16.7. The summed E-state index contributed by atoms with van der Waals surface area (Å²) < 4.78 is 12.5. The molecule has 1 atom stereocenters. The number of pyridine rings is 1. The summed E-state index contributed by atoms with van der Waals surface area (Å²) in [7, 11) is 1.69. The van der Waals surface area contributed by atoms with Crippen LogP contribution in [0.3, 0.4) is 0 Å². The first-order valence-corrected chi connectivity index (χ1v) is 9.10. The maximum absolute atomic E-state index is 6.38. The van der Waals surface area contributed by atoms with E-state index in [0.29, 0.717) is 6.04 Å². The molecule has 4 rings (SSSR count). The number of rotatable bonds is 3. The van der Waals surface area contributed by atoms with E-state index in [0.717, 1.165) is 47.7 Å². The first kappa shape index (κ1) is 15.9. The van der Waals surface area contributed by atoms with E-state index in [1.807, 2.05) is 24.3 Å². The van der Waals surface area contributed by atoms with Crippen molar-refractivity contribution in [2.45, 2.75) is 44.5 Å². The van der Waals surface area contributed by atoms with Gasteiger partial charge in [-0.25, -0.2) is 4.98 Å². The molecule has 2 aromatic rings. The summed E-state index contributed by atoms with van der Waals surface area (Å²) in [6, 6.07) is 12.6. The molecule has 1 spiro atoms. The Morgan fingerprint density at radius 3 is 2.67 bits per heavy atom. The second kappa shape index (κ2) is 6.05. The van der Waals surface area contributed by atoms with Crippen molar-refractivity contribution >= 4 is 15.9 Å². The van der Waals surface area contributed by atoms with E-state index in [2.05, 4.69) is 44.9 Å². The number of halogens is 1. The van der Waals surface area contributed by atoms with E-state index >= 15 is 0 Å². The third kappa shape index (κ3) is 2.91. The van der Waals surface area contributed by atoms with Crippen molar-refractivity contribution in [1.29, 1.82) is 0 Å². The summed E-state index contributed by atoms with van der Waals surface area (Å²) in [5.41, 5.74) is 2.23. The molecule has 4 nitrogen and oxygen atoms in total. The van der Waals surface area contributed by atoms with Crippen molar-refractivity contribution in [1.82, 2.24) is 9.88 Å². The summed E-state index contributed by atoms with van der Waals surface area (Å²) in [5, 5.41) is 0. The second-order valence-electron chi connectivity index (χ2n) is 6.67. The minimum absolute atomic E-state index is 0.0484. The van der Waals surface area contributed by atoms with Crippen molar-refractivity contribution < 1.29 is 9.47 Å². The van der Waals surface area contributed by atoms with Crippen LogP contribution < -0.4 is 9.47 Å². The fourth-order valence-corrected chi connectivity index (χ4v) is 3.78. The molecular weight excluding hydrogens is 368 g/mol. The normalized spacial score (nSPS) is 21.7. The highest BCUT2D eigenvalue weighted by atomic mass is 79.9. The van der Waals surface area contributed by atoms with Gasteiger partial charge in [0, 0.05) is 19.1 Å². The molecule has 5 heteroatoms. The van der Waals surface area contributed by atoms with Crippen molar-refractivity contribution in [3.63, 3.8) is 0 Å². The summed E-state index contributed by atoms with van der Waals surface area (Å²) in [6.07, 6.45) is 2.23. The SMILES string of the molecule is COc1ccc(CN2Cc3nc(Br)ccc3OC3(CC3)[C@H]2C)cc1. The van der Waals surface area contributed by atoms with Crippen molar-refractivity contribution in [3.8, 4) is 11.5 Å². The Bertz CT molecular complexity index is 744. The van der Waals surface area contributed by atoms with Crippen LogP contribution in [-0.4, -0.2) is 28.6 Å². The number of benzene rings is 1. The highest BCUT2D eigenvalue weighted by Gasteiger charge is 2.54. The summed E-state index contributed by atoms with van der Waals surface area (Å²) >= 11 is 3.48. The number of hydrogen-bond acceptors (Lipinski definition) is 4. The van der Waals surface area contributed by atoms with Crippen LogP contribution in [0.5, 0.6) is 11.5 Å². The lowest BCUT2D eigenvalue weighted by Gasteiger charge is -2.31. The van der Waals surface area contributed by atoms with E-state index < -0.39 is 0 Å². The standard InChI is InChI=1S/C19H21BrN2O2/c1-13-19(9-10-19)24-17-7-8-18(20)21-16(17)12-22(13)11-14-3-5-15(23-2)6-4-14/h3-8,13H,9-12H2,1-2H3/t13-/m1/s1. The van der Waals surface area contributed by atoms with E-state index in [1.54, 1.807) is 7.11 Å². The van der Waals surface area contributed by atoms with Crippen LogP contribution in [-0.2, 0) is 13.1 Å². The van der Waals surface area contributed by atoms with E-state index in [1.165, 1.54) is 5.56 Å². The van der Waals surface area contributed by atoms with Gasteiger partial charge in [0.15, 0.2) is 0 Å². The maximum atomic E-state index is 6.38. The quantitative estimate of drug-likeness (QED) is 0.739. The number of fused-ring (bicyclic) bond motifs is 1. The van der Waals surface area contributed by atoms with Crippen LogP contribution in [0.15, 0.2) is 41.0 Å². The Morgan fingerprint density at radius 1 is 1.25 bits per heavy atom. The fourth-order valence-electron chi connectivity index (χ4n) is 3.44. The van der Waals surface area contributed by atoms with Gasteiger partial charge in [0.25, 0.3) is 0 Å². The Hall–Kier alpha value is -1.59. The topological polar surface area (TPSA) is 34.6 Å². The number of aromatic nitrogens is 1. The summed E-state index contributed by atoms with van der Waals surface area (Å²) in [4.78, 5) is 7.12. The number of ether oxygens (including phenoxy) is 2. The summed E-state index contributed by atoms with van der Waals surface area (Å²) in [6.45, 7) is 3.95. The molecule has 1 saturated carbocycles. The van der Waals surface area contributed by atoms with E-state index in [9.17, 15) is 0 Å². The van der Waals surface area contributed by atoms with Crippen molar-refractivity contribution in [2.24, 2.45) is 0 Å². The number of hydrogen-bond donors (Lipinski definition) is 0. The Kier molecular flexibility index (Phi) is 4.01. The van der Waals surface area contributed by atoms with Gasteiger partial charge in [-0.3, -0.25) is 4.90 Å². The molecule has 24 heavy (non-hydrogen) atoms. The maximum Gasteiger partial charge on any atom is 0.143 e. The minimum atomic E-state index is -0.0484. The van der Waals surface area contributed by atoms with Gasteiger partial charge in [-0.05, 0) is 65.5 Å². The lowest BCUT2D eigenvalue weighted by Crippen LogP contribution is -2.43. The number of methoxy groups -OCH3 is 1. The zero-order valence-electron chi connectivity index (χ0n) is 14.0. The molecule has 0 radical (unpaired) electrons. The van der Waals surface area contributed by atoms with E-state index in [4.69, 9.17) is 9.47 Å². The predicted octanol–water partition coefficient (Wildman–Crippen LogP) is 4.17. The van der Waals surface area contributed by atoms with Gasteiger partial charge < -0.3 is 9.47 Å². The predicted molar refractivity (Wildman–Crippen MR) is 96.2 cm³/mol. The van der Waals surface area contributed by atoms with Gasteiger partial charge in [-0.2, -0.15) is 0 Å². The van der Waals surface area contributed by atoms with Gasteiger partial charge >= 0.3 is 0 Å². The Labute approximate surface area is 150 Å². The van der Waals surface area contributed by atoms with Crippen LogP contribution in [0.2, 0.25) is 0 Å². The monoisotopic (exact) mass is 388 g/mol. The van der Waals surface area contributed by atoms with Crippen LogP contribution in [0.4, 0.5) is 0 Å². The molecule has 2 heterocycles. The fraction of sp³-hybridized carbons (Fsp3) is 0.421. The van der Waals surface area contributed by atoms with E-state index in [-0.39, 0.29) is 5.60 Å². The molecule has 1 aliphatic carbocycles. The molecule has 0 N–H and O–H groups in total. The van der Waals surface area contributed by atoms with Crippen LogP contribution in [0.1, 0.15) is 31.0 Å². The van der Waals surface area contributed by atoms with Gasteiger partial charge in [-0.15, -0.1) is 0 Å². The lowest BCUT2D eigenvalue weighted by atomic mass is 10.1. The van der Waals surface area contributed by atoms with Crippen LogP contribution >= 0.6 is 15.9 Å². The van der Waals surface area contributed by atoms with Gasteiger partial charge in [-0.1, -0.05) is 12.1 Å². The molecule has 0 amide bonds. The Balaban J connectivity index is 1.63. The van der Waals surface area contributed by atoms with Crippen LogP contribution in [0, 0.1) is 0 Å². The molecule has 0 bridgehead atoms. The molecule has 1 fully saturated rings. The average molecular weight is 389 g/mol. The molecule has 1 aromatic heterocycles. The highest BCUT2D eigenvalue weighted by Crippen LogP contribution is 2.48. The minimum Gasteiger partial charge on any atom is -0.497 e. The molecule has 1 aliphatic heterocycles. The lowest BCUT2D eigenvalue weighted by molar-refractivity contribution is 0.0642. The molecule has 2 aliphatic rings. The van der Waals surface area contributed by atoms with Crippen LogP contribution in [0.25, 0.3) is 0 Å². The average Bonchev–Trinajstić information content (AvgIpc) is 3.38. The van der Waals surface area contributed by atoms with Crippen molar-refractivity contribution in [3.05, 3.63) is 52.3 Å². The first-order valence-electron chi connectivity index (χ1n) is 8.31. The molecule has 126 valence electrons. The molecular formula is C19H21BrN2O2. The number of nitrogens with zero attached hydrogens (tertiary/aromatic N) is 2. The van der Waals surface area contributed by atoms with Crippen molar-refractivity contribution in [2.75, 3.05) is 7.11 Å². The molecule has 0 saturated heterocycles. The summed E-state index contributed by atoms with van der Waals surface area (Å²) in [5.74, 6) is 1.82. The van der Waals surface area contributed by atoms with Gasteiger partial charge in [0.1, 0.15) is 21.7 Å². The first-order chi connectivity index (χ1) is 11.6. The molecule has 1 aromatic carbocycles. The second-order valence-corrected chi connectivity index (χ2v) is 7.49. The van der Waals surface area contributed by atoms with Gasteiger partial charge in [0.05, 0.1) is 12.8 Å². The largest absolute Gasteiger partial charge is 0.497 e. The third-order valence-electron chi connectivity index (χ3n) is 5.16. The molecule has 0 unspecified atom stereocenters. The zero-order valence-corrected chi connectivity index (χ0v) is 15.5. The third-order valence-corrected chi connectivity index (χ3v) is 5.60. The van der Waals surface area contributed by atoms with Gasteiger partial charge in [0.2, 0.25) is 0 Å². The Morgan fingerprint density at radius 2 is 2.00 bits per heavy atom. The highest BCUT2D eigenvalue weighted by molar-refractivity contribution is 9.10. The smallest absolute Gasteiger partial charge is 0.143 e.